The monoisotopic (exact) mass is 711 g/mol. The quantitative estimate of drug-likeness (QED) is 0.0756. The van der Waals surface area contributed by atoms with E-state index in [9.17, 15) is 29.3 Å². The first-order valence-electron chi connectivity index (χ1n) is 17.3. The maximum atomic E-state index is 13.5. The first-order valence-corrected chi connectivity index (χ1v) is 17.3. The molecule has 1 unspecified atom stereocenters. The highest BCUT2D eigenvalue weighted by molar-refractivity contribution is 5.83. The average Bonchev–Trinajstić information content (AvgIpc) is 3.43. The summed E-state index contributed by atoms with van der Waals surface area (Å²) in [5.41, 5.74) is -2.54. The maximum absolute atomic E-state index is 13.5. The number of amides is 2. The van der Waals surface area contributed by atoms with Crippen LogP contribution in [0.25, 0.3) is 0 Å². The summed E-state index contributed by atoms with van der Waals surface area (Å²) in [4.78, 5) is 69.1. The van der Waals surface area contributed by atoms with Crippen molar-refractivity contribution in [1.82, 2.24) is 19.8 Å². The molecule has 2 heterocycles. The Kier molecular flexibility index (Phi) is 16.1. The van der Waals surface area contributed by atoms with Crippen molar-refractivity contribution in [2.75, 3.05) is 26.3 Å². The van der Waals surface area contributed by atoms with E-state index in [2.05, 4.69) is 10.3 Å². The number of carbonyl (C=O) groups is 4. The van der Waals surface area contributed by atoms with E-state index in [4.69, 9.17) is 23.7 Å². The van der Waals surface area contributed by atoms with E-state index in [0.717, 1.165) is 19.3 Å². The van der Waals surface area contributed by atoms with Gasteiger partial charge in [-0.1, -0.05) is 4.98 Å². The van der Waals surface area contributed by atoms with Crippen LogP contribution in [0.1, 0.15) is 107 Å². The number of hydrogen-bond acceptors (Lipinski definition) is 12. The predicted octanol–water partition coefficient (Wildman–Crippen LogP) is 4.92. The summed E-state index contributed by atoms with van der Waals surface area (Å²) in [5.74, 6) is -3.03. The zero-order chi connectivity index (χ0) is 37.7. The van der Waals surface area contributed by atoms with Gasteiger partial charge in [0.25, 0.3) is 5.91 Å². The van der Waals surface area contributed by atoms with Gasteiger partial charge in [-0.15, -0.1) is 0 Å². The molecular formula is C34H57N5O11. The molecule has 1 aromatic rings. The Bertz CT molecular complexity index is 1270. The minimum atomic E-state index is -1.24. The molecular weight excluding hydrogens is 654 g/mol. The van der Waals surface area contributed by atoms with Gasteiger partial charge in [-0.3, -0.25) is 9.59 Å². The van der Waals surface area contributed by atoms with E-state index in [0.29, 0.717) is 26.1 Å². The Morgan fingerprint density at radius 3 is 2.18 bits per heavy atom. The van der Waals surface area contributed by atoms with E-state index in [1.54, 1.807) is 67.2 Å². The van der Waals surface area contributed by atoms with Crippen LogP contribution in [0.3, 0.4) is 0 Å². The smallest absolute Gasteiger partial charge is 0.435 e. The molecule has 1 N–H and O–H groups in total. The lowest BCUT2D eigenvalue weighted by Crippen LogP contribution is -2.48. The van der Waals surface area contributed by atoms with Gasteiger partial charge in [-0.05, 0) is 112 Å². The zero-order valence-corrected chi connectivity index (χ0v) is 31.2. The van der Waals surface area contributed by atoms with Crippen molar-refractivity contribution in [3.63, 3.8) is 0 Å². The van der Waals surface area contributed by atoms with Crippen LogP contribution in [0.4, 0.5) is 10.7 Å². The van der Waals surface area contributed by atoms with Crippen LogP contribution in [0.2, 0.25) is 0 Å². The number of hydrogen-bond donors (Lipinski definition) is 1. The van der Waals surface area contributed by atoms with Gasteiger partial charge in [0.2, 0.25) is 0 Å². The van der Waals surface area contributed by atoms with Gasteiger partial charge in [0.15, 0.2) is 12.8 Å². The number of esters is 2. The minimum Gasteiger partial charge on any atom is -0.460 e. The number of nitrogens with one attached hydrogen (secondary N) is 1. The highest BCUT2D eigenvalue weighted by atomic mass is 16.7. The van der Waals surface area contributed by atoms with E-state index < -0.39 is 57.7 Å². The Labute approximate surface area is 295 Å². The average molecular weight is 712 g/mol. The third kappa shape index (κ3) is 16.7. The van der Waals surface area contributed by atoms with Gasteiger partial charge in [0.1, 0.15) is 35.2 Å². The molecule has 0 aliphatic carbocycles. The van der Waals surface area contributed by atoms with Crippen molar-refractivity contribution in [3.8, 4) is 0 Å². The summed E-state index contributed by atoms with van der Waals surface area (Å²) in [6.07, 6.45) is 5.12. The SMILES string of the molecule is CC(C)(C)OC(=O)N[C@@H](C[C@@H](CCCN(CCCOC1CCCCO1)C(=O)Cn1ccnc1[N+](=O)[O-])C(=O)OC(C)(C)C)C(=O)OC(C)(C)C. The highest BCUT2D eigenvalue weighted by Gasteiger charge is 2.35. The molecule has 50 heavy (non-hydrogen) atoms. The molecule has 0 aromatic carbocycles. The zero-order valence-electron chi connectivity index (χ0n) is 31.2. The summed E-state index contributed by atoms with van der Waals surface area (Å²) < 4.78 is 29.3. The number of ether oxygens (including phenoxy) is 5. The molecule has 1 aliphatic heterocycles. The van der Waals surface area contributed by atoms with E-state index in [-0.39, 0.29) is 44.7 Å². The molecule has 0 radical (unpaired) electrons. The molecule has 0 bridgehead atoms. The molecule has 16 heteroatoms. The lowest BCUT2D eigenvalue weighted by Gasteiger charge is -2.30. The fraction of sp³-hybridized carbons (Fsp3) is 0.794. The van der Waals surface area contributed by atoms with Crippen molar-refractivity contribution in [1.29, 1.82) is 0 Å². The summed E-state index contributed by atoms with van der Waals surface area (Å²) in [7, 11) is 0. The van der Waals surface area contributed by atoms with Crippen molar-refractivity contribution >= 4 is 29.9 Å². The Morgan fingerprint density at radius 1 is 0.980 bits per heavy atom. The normalized spacial score (nSPS) is 16.5. The highest BCUT2D eigenvalue weighted by Crippen LogP contribution is 2.23. The van der Waals surface area contributed by atoms with Crippen molar-refractivity contribution in [2.45, 2.75) is 143 Å². The topological polar surface area (TPSA) is 191 Å². The second kappa shape index (κ2) is 19.0. The molecule has 1 saturated heterocycles. The van der Waals surface area contributed by atoms with Gasteiger partial charge in [-0.25, -0.2) is 14.2 Å². The van der Waals surface area contributed by atoms with Gasteiger partial charge >= 0.3 is 24.0 Å². The fourth-order valence-corrected chi connectivity index (χ4v) is 5.08. The Morgan fingerprint density at radius 2 is 1.60 bits per heavy atom. The predicted molar refractivity (Wildman–Crippen MR) is 182 cm³/mol. The summed E-state index contributed by atoms with van der Waals surface area (Å²) in [6, 6.07) is -1.24. The van der Waals surface area contributed by atoms with Crippen LogP contribution in [0.15, 0.2) is 12.4 Å². The van der Waals surface area contributed by atoms with E-state index >= 15 is 0 Å². The number of aromatic nitrogens is 2. The largest absolute Gasteiger partial charge is 0.460 e. The second-order valence-electron chi connectivity index (χ2n) is 15.4. The standard InChI is InChI=1S/C34H57N5O11/c1-32(2,3)48-28(41)24(22-25(29(42)49-33(4,5)6)36-31(43)50-34(7,8)9)14-12-17-37(18-13-21-47-27-15-10-11-20-46-27)26(40)23-38-19-16-35-30(38)39(44)45/h16,19,24-25,27H,10-15,17-18,20-23H2,1-9H3,(H,36,43)/t24-,25+,27?/m1/s1. The van der Waals surface area contributed by atoms with Gasteiger partial charge in [0, 0.05) is 19.7 Å². The minimum absolute atomic E-state index is 0.145. The van der Waals surface area contributed by atoms with Crippen molar-refractivity contribution in [2.24, 2.45) is 5.92 Å². The van der Waals surface area contributed by atoms with Crippen LogP contribution in [-0.2, 0) is 44.6 Å². The number of alkyl carbamates (subject to hydrolysis) is 1. The number of nitro groups is 1. The first kappa shape index (κ1) is 42.4. The van der Waals surface area contributed by atoms with Crippen molar-refractivity contribution < 1.29 is 47.8 Å². The van der Waals surface area contributed by atoms with Crippen LogP contribution in [0, 0.1) is 16.0 Å². The number of imidazole rings is 1. The molecule has 3 atom stereocenters. The summed E-state index contributed by atoms with van der Waals surface area (Å²) in [6.45, 7) is 16.5. The molecule has 284 valence electrons. The lowest BCUT2D eigenvalue weighted by molar-refractivity contribution is -0.396. The summed E-state index contributed by atoms with van der Waals surface area (Å²) in [5, 5.41) is 14.0. The van der Waals surface area contributed by atoms with E-state index in [1.165, 1.54) is 17.0 Å². The third-order valence-electron chi connectivity index (χ3n) is 7.15. The number of rotatable bonds is 17. The molecule has 1 fully saturated rings. The van der Waals surface area contributed by atoms with Gasteiger partial charge in [-0.2, -0.15) is 0 Å². The first-order chi connectivity index (χ1) is 23.1. The van der Waals surface area contributed by atoms with Crippen molar-refractivity contribution in [3.05, 3.63) is 22.5 Å². The van der Waals surface area contributed by atoms with Crippen LogP contribution in [0.5, 0.6) is 0 Å². The molecule has 2 rings (SSSR count). The lowest BCUT2D eigenvalue weighted by atomic mass is 9.94. The second-order valence-corrected chi connectivity index (χ2v) is 15.4. The van der Waals surface area contributed by atoms with Gasteiger partial charge in [0.05, 0.1) is 12.5 Å². The Balaban J connectivity index is 2.24. The van der Waals surface area contributed by atoms with Crippen LogP contribution in [-0.4, -0.2) is 98.8 Å². The Hall–Kier alpha value is -3.79. The van der Waals surface area contributed by atoms with Crippen LogP contribution >= 0.6 is 0 Å². The maximum Gasteiger partial charge on any atom is 0.435 e. The molecule has 0 saturated carbocycles. The molecule has 1 aromatic heterocycles. The molecule has 0 spiro atoms. The molecule has 2 amide bonds. The van der Waals surface area contributed by atoms with E-state index in [1.807, 2.05) is 0 Å². The number of carbonyl (C=O) groups excluding carboxylic acids is 4. The fourth-order valence-electron chi connectivity index (χ4n) is 5.08. The third-order valence-corrected chi connectivity index (χ3v) is 7.15. The molecule has 1 aliphatic rings. The molecule has 16 nitrogen and oxygen atoms in total. The van der Waals surface area contributed by atoms with Crippen LogP contribution < -0.4 is 5.32 Å². The van der Waals surface area contributed by atoms with Gasteiger partial charge < -0.3 is 44.0 Å². The summed E-state index contributed by atoms with van der Waals surface area (Å²) >= 11 is 0. The number of nitrogens with zero attached hydrogens (tertiary/aromatic N) is 4.